The van der Waals surface area contributed by atoms with Crippen LogP contribution in [0.1, 0.15) is 12.5 Å². The molecule has 0 aliphatic rings. The Morgan fingerprint density at radius 2 is 1.59 bits per heavy atom. The van der Waals surface area contributed by atoms with Crippen LogP contribution in [-0.2, 0) is 20.8 Å². The van der Waals surface area contributed by atoms with Crippen LogP contribution in [0.4, 0.5) is 0 Å². The van der Waals surface area contributed by atoms with E-state index in [2.05, 4.69) is 5.32 Å². The van der Waals surface area contributed by atoms with Gasteiger partial charge in [-0.3, -0.25) is 4.79 Å². The average Bonchev–Trinajstić information content (AvgIpc) is 2.45. The summed E-state index contributed by atoms with van der Waals surface area (Å²) in [6, 6.07) is 12.5. The van der Waals surface area contributed by atoms with Crippen LogP contribution < -0.4 is 5.32 Å². The van der Waals surface area contributed by atoms with Gasteiger partial charge in [0.15, 0.2) is 0 Å². The highest BCUT2D eigenvalue weighted by Gasteiger charge is 2.48. The SMILES string of the molecule is CC(=O)NC(Cc1cccc2ccccc12)(C(=O)O)C(=O)O. The summed E-state index contributed by atoms with van der Waals surface area (Å²) < 4.78 is 0. The highest BCUT2D eigenvalue weighted by atomic mass is 16.4. The fraction of sp³-hybridized carbons (Fsp3) is 0.188. The monoisotopic (exact) mass is 301 g/mol. The molecule has 0 bridgehead atoms. The average molecular weight is 301 g/mol. The van der Waals surface area contributed by atoms with Crippen molar-refractivity contribution >= 4 is 28.6 Å². The molecule has 3 N–H and O–H groups in total. The van der Waals surface area contributed by atoms with Gasteiger partial charge in [-0.25, -0.2) is 9.59 Å². The molecule has 0 fully saturated rings. The summed E-state index contributed by atoms with van der Waals surface area (Å²) in [4.78, 5) is 34.4. The first-order chi connectivity index (χ1) is 10.4. The number of carboxylic acid groups (broad SMARTS) is 2. The number of hydrogen-bond donors (Lipinski definition) is 3. The van der Waals surface area contributed by atoms with Crippen LogP contribution in [0.25, 0.3) is 10.8 Å². The van der Waals surface area contributed by atoms with Gasteiger partial charge >= 0.3 is 11.9 Å². The maximum absolute atomic E-state index is 11.5. The molecule has 6 heteroatoms. The highest BCUT2D eigenvalue weighted by Crippen LogP contribution is 2.23. The topological polar surface area (TPSA) is 104 Å². The minimum Gasteiger partial charge on any atom is -0.479 e. The summed E-state index contributed by atoms with van der Waals surface area (Å²) in [5, 5.41) is 22.4. The van der Waals surface area contributed by atoms with Gasteiger partial charge in [-0.05, 0) is 16.3 Å². The van der Waals surface area contributed by atoms with Crippen LogP contribution in [0.3, 0.4) is 0 Å². The van der Waals surface area contributed by atoms with Gasteiger partial charge in [-0.2, -0.15) is 0 Å². The number of carboxylic acids is 2. The fourth-order valence-electron chi connectivity index (χ4n) is 2.43. The second-order valence-corrected chi connectivity index (χ2v) is 5.01. The molecule has 0 radical (unpaired) electrons. The number of hydrogen-bond acceptors (Lipinski definition) is 3. The normalized spacial score (nSPS) is 11.1. The number of carbonyl (C=O) groups is 3. The predicted molar refractivity (Wildman–Crippen MR) is 79.5 cm³/mol. The molecular weight excluding hydrogens is 286 g/mol. The van der Waals surface area contributed by atoms with E-state index in [1.54, 1.807) is 24.3 Å². The Bertz CT molecular complexity index is 734. The van der Waals surface area contributed by atoms with Crippen LogP contribution >= 0.6 is 0 Å². The number of fused-ring (bicyclic) bond motifs is 1. The minimum atomic E-state index is -2.39. The molecule has 114 valence electrons. The Morgan fingerprint density at radius 3 is 2.18 bits per heavy atom. The number of rotatable bonds is 5. The molecule has 0 atom stereocenters. The molecule has 0 unspecified atom stereocenters. The van der Waals surface area contributed by atoms with Crippen molar-refractivity contribution in [2.24, 2.45) is 0 Å². The molecule has 2 aromatic rings. The van der Waals surface area contributed by atoms with E-state index in [-0.39, 0.29) is 6.42 Å². The third-order valence-corrected chi connectivity index (χ3v) is 3.46. The Labute approximate surface area is 126 Å². The number of aliphatic carboxylic acids is 2. The maximum Gasteiger partial charge on any atom is 0.341 e. The lowest BCUT2D eigenvalue weighted by atomic mass is 9.88. The Balaban J connectivity index is 2.56. The van der Waals surface area contributed by atoms with E-state index in [0.717, 1.165) is 17.7 Å². The lowest BCUT2D eigenvalue weighted by Gasteiger charge is -2.26. The summed E-state index contributed by atoms with van der Waals surface area (Å²) in [6.07, 6.45) is -0.349. The fourth-order valence-corrected chi connectivity index (χ4v) is 2.43. The number of nitrogens with one attached hydrogen (secondary N) is 1. The molecule has 0 saturated carbocycles. The summed E-state index contributed by atoms with van der Waals surface area (Å²) >= 11 is 0. The number of carbonyl (C=O) groups excluding carboxylic acids is 1. The quantitative estimate of drug-likeness (QED) is 0.725. The Kier molecular flexibility index (Phi) is 4.12. The number of benzene rings is 2. The van der Waals surface area contributed by atoms with Crippen molar-refractivity contribution < 1.29 is 24.6 Å². The third-order valence-electron chi connectivity index (χ3n) is 3.46. The van der Waals surface area contributed by atoms with Crippen molar-refractivity contribution in [3.8, 4) is 0 Å². The molecule has 0 aliphatic carbocycles. The maximum atomic E-state index is 11.5. The van der Waals surface area contributed by atoms with Crippen molar-refractivity contribution in [3.05, 3.63) is 48.0 Å². The summed E-state index contributed by atoms with van der Waals surface area (Å²) in [6.45, 7) is 1.09. The summed E-state index contributed by atoms with van der Waals surface area (Å²) in [7, 11) is 0. The van der Waals surface area contributed by atoms with Crippen LogP contribution in [0.15, 0.2) is 42.5 Å². The third kappa shape index (κ3) is 2.76. The first-order valence-electron chi connectivity index (χ1n) is 6.59. The zero-order valence-corrected chi connectivity index (χ0v) is 11.9. The van der Waals surface area contributed by atoms with Gasteiger partial charge < -0.3 is 15.5 Å². The van der Waals surface area contributed by atoms with E-state index in [1.807, 2.05) is 18.2 Å². The second-order valence-electron chi connectivity index (χ2n) is 5.01. The summed E-state index contributed by atoms with van der Waals surface area (Å²) in [5.41, 5.74) is -1.85. The summed E-state index contributed by atoms with van der Waals surface area (Å²) in [5.74, 6) is -3.93. The molecule has 6 nitrogen and oxygen atoms in total. The molecule has 22 heavy (non-hydrogen) atoms. The van der Waals surface area contributed by atoms with Crippen molar-refractivity contribution in [1.82, 2.24) is 5.32 Å². The van der Waals surface area contributed by atoms with E-state index in [0.29, 0.717) is 5.56 Å². The van der Waals surface area contributed by atoms with Gasteiger partial charge in [0.25, 0.3) is 0 Å². The largest absolute Gasteiger partial charge is 0.479 e. The minimum absolute atomic E-state index is 0.349. The van der Waals surface area contributed by atoms with Gasteiger partial charge in [0, 0.05) is 13.3 Å². The van der Waals surface area contributed by atoms with Gasteiger partial charge in [0.2, 0.25) is 11.4 Å². The molecule has 0 aromatic heterocycles. The first kappa shape index (κ1) is 15.5. The van der Waals surface area contributed by atoms with Gasteiger partial charge in [-0.1, -0.05) is 42.5 Å². The predicted octanol–water partition coefficient (Wildman–Crippen LogP) is 1.43. The van der Waals surface area contributed by atoms with Gasteiger partial charge in [0.05, 0.1) is 0 Å². The Hall–Kier alpha value is -2.89. The van der Waals surface area contributed by atoms with E-state index < -0.39 is 23.4 Å². The van der Waals surface area contributed by atoms with Crippen LogP contribution in [0.5, 0.6) is 0 Å². The van der Waals surface area contributed by atoms with E-state index in [9.17, 15) is 24.6 Å². The van der Waals surface area contributed by atoms with Crippen molar-refractivity contribution in [3.63, 3.8) is 0 Å². The standard InChI is InChI=1S/C16H15NO5/c1-10(18)17-16(14(19)20,15(21)22)9-12-7-4-6-11-5-2-3-8-13(11)12/h2-8H,9H2,1H3,(H,17,18)(H,19,20)(H,21,22). The van der Waals surface area contributed by atoms with Crippen LogP contribution in [0, 0.1) is 0 Å². The van der Waals surface area contributed by atoms with Crippen LogP contribution in [0.2, 0.25) is 0 Å². The lowest BCUT2D eigenvalue weighted by Crippen LogP contribution is -2.61. The second kappa shape index (κ2) is 5.85. The molecule has 2 rings (SSSR count). The van der Waals surface area contributed by atoms with Crippen LogP contribution in [-0.4, -0.2) is 33.6 Å². The number of amides is 1. The molecule has 0 saturated heterocycles. The smallest absolute Gasteiger partial charge is 0.341 e. The van der Waals surface area contributed by atoms with Gasteiger partial charge in [-0.15, -0.1) is 0 Å². The molecule has 1 amide bonds. The van der Waals surface area contributed by atoms with Crippen molar-refractivity contribution in [2.75, 3.05) is 0 Å². The van der Waals surface area contributed by atoms with E-state index in [4.69, 9.17) is 0 Å². The van der Waals surface area contributed by atoms with E-state index >= 15 is 0 Å². The van der Waals surface area contributed by atoms with E-state index in [1.165, 1.54) is 0 Å². The van der Waals surface area contributed by atoms with Gasteiger partial charge in [0.1, 0.15) is 0 Å². The Morgan fingerprint density at radius 1 is 1.00 bits per heavy atom. The molecule has 0 aliphatic heterocycles. The highest BCUT2D eigenvalue weighted by molar-refractivity contribution is 6.07. The lowest BCUT2D eigenvalue weighted by molar-refractivity contribution is -0.161. The zero-order chi connectivity index (χ0) is 16.3. The zero-order valence-electron chi connectivity index (χ0n) is 11.9. The molecule has 0 spiro atoms. The molecular formula is C16H15NO5. The first-order valence-corrected chi connectivity index (χ1v) is 6.59. The molecule has 2 aromatic carbocycles. The van der Waals surface area contributed by atoms with Crippen molar-refractivity contribution in [1.29, 1.82) is 0 Å². The molecule has 0 heterocycles. The van der Waals surface area contributed by atoms with Crippen molar-refractivity contribution in [2.45, 2.75) is 18.9 Å².